The van der Waals surface area contributed by atoms with Crippen LogP contribution in [0.1, 0.15) is 45.1 Å². The minimum Gasteiger partial charge on any atom is -0.327 e. The molecule has 1 amide bonds. The normalized spacial score (nSPS) is 15.5. The highest BCUT2D eigenvalue weighted by molar-refractivity contribution is 5.94. The summed E-state index contributed by atoms with van der Waals surface area (Å²) in [6.07, 6.45) is 5.36. The Morgan fingerprint density at radius 1 is 1.04 bits per heavy atom. The number of rotatable bonds is 4. The second kappa shape index (κ2) is 7.12. The molecule has 0 bridgehead atoms. The van der Waals surface area contributed by atoms with E-state index in [9.17, 15) is 4.79 Å². The second-order valence-corrected chi connectivity index (χ2v) is 6.91. The lowest BCUT2D eigenvalue weighted by Crippen LogP contribution is -2.33. The van der Waals surface area contributed by atoms with Crippen molar-refractivity contribution in [2.75, 3.05) is 0 Å². The number of aryl methyl sites for hydroxylation is 2. The predicted molar refractivity (Wildman–Crippen MR) is 103 cm³/mol. The van der Waals surface area contributed by atoms with Crippen molar-refractivity contribution in [2.45, 2.75) is 32.4 Å². The lowest BCUT2D eigenvalue weighted by molar-refractivity contribution is 0.0658. The quantitative estimate of drug-likeness (QED) is 0.687. The first-order valence-electron chi connectivity index (χ1n) is 9.07. The monoisotopic (exact) mass is 342 g/mol. The summed E-state index contributed by atoms with van der Waals surface area (Å²) < 4.78 is 0. The van der Waals surface area contributed by atoms with Gasteiger partial charge in [-0.05, 0) is 48.6 Å². The molecule has 1 heterocycles. The van der Waals surface area contributed by atoms with Gasteiger partial charge >= 0.3 is 0 Å². The molecular weight excluding hydrogens is 320 g/mol. The average molecular weight is 342 g/mol. The Balaban J connectivity index is 1.70. The summed E-state index contributed by atoms with van der Waals surface area (Å²) in [6, 6.07) is 20.6. The number of carbonyl (C=O) groups is 1. The number of aromatic nitrogens is 1. The van der Waals surface area contributed by atoms with Crippen LogP contribution in [0, 0.1) is 6.92 Å². The highest BCUT2D eigenvalue weighted by Gasteiger charge is 2.31. The van der Waals surface area contributed by atoms with Gasteiger partial charge in [0.1, 0.15) is 0 Å². The summed E-state index contributed by atoms with van der Waals surface area (Å²) in [5.74, 6) is 0.0645. The van der Waals surface area contributed by atoms with Crippen molar-refractivity contribution < 1.29 is 4.79 Å². The molecule has 1 aromatic heterocycles. The fraction of sp³-hybridized carbons (Fsp3) is 0.217. The molecule has 3 nitrogen and oxygen atoms in total. The van der Waals surface area contributed by atoms with Crippen LogP contribution in [-0.4, -0.2) is 15.8 Å². The zero-order chi connectivity index (χ0) is 17.9. The molecule has 0 aliphatic heterocycles. The molecule has 2 aromatic carbocycles. The van der Waals surface area contributed by atoms with Crippen molar-refractivity contribution in [1.82, 2.24) is 9.88 Å². The highest BCUT2D eigenvalue weighted by atomic mass is 16.2. The number of benzene rings is 2. The van der Waals surface area contributed by atoms with Crippen molar-refractivity contribution in [3.05, 3.63) is 101 Å². The minimum atomic E-state index is 0.0645. The Morgan fingerprint density at radius 3 is 2.54 bits per heavy atom. The van der Waals surface area contributed by atoms with Crippen LogP contribution in [0.25, 0.3) is 0 Å². The zero-order valence-corrected chi connectivity index (χ0v) is 14.9. The number of hydrogen-bond acceptors (Lipinski definition) is 2. The van der Waals surface area contributed by atoms with Gasteiger partial charge in [0, 0.05) is 24.5 Å². The number of carbonyl (C=O) groups excluding carboxylic acids is 1. The van der Waals surface area contributed by atoms with Crippen LogP contribution >= 0.6 is 0 Å². The van der Waals surface area contributed by atoms with E-state index in [1.54, 1.807) is 24.5 Å². The molecular formula is C23H22N2O. The van der Waals surface area contributed by atoms with Crippen molar-refractivity contribution in [1.29, 1.82) is 0 Å². The molecule has 4 rings (SSSR count). The summed E-state index contributed by atoms with van der Waals surface area (Å²) in [5.41, 5.74) is 5.71. The van der Waals surface area contributed by atoms with Crippen LogP contribution < -0.4 is 0 Å². The SMILES string of the molecule is Cc1ccc(CN(C(=O)c2ccncc2)[C@H]2CCc3ccccc32)cc1. The summed E-state index contributed by atoms with van der Waals surface area (Å²) in [4.78, 5) is 19.4. The van der Waals surface area contributed by atoms with Gasteiger partial charge in [-0.3, -0.25) is 9.78 Å². The molecule has 1 aliphatic rings. The van der Waals surface area contributed by atoms with Crippen LogP contribution in [0.2, 0.25) is 0 Å². The first-order valence-corrected chi connectivity index (χ1v) is 9.07. The first kappa shape index (κ1) is 16.5. The standard InChI is InChI=1S/C23H22N2O/c1-17-6-8-18(9-7-17)16-25(23(26)20-12-14-24-15-13-20)22-11-10-19-4-2-3-5-21(19)22/h2-9,12-15,22H,10-11,16H2,1H3/t22-/m0/s1. The van der Waals surface area contributed by atoms with E-state index in [0.29, 0.717) is 12.1 Å². The van der Waals surface area contributed by atoms with Gasteiger partial charge in [0.2, 0.25) is 0 Å². The molecule has 0 fully saturated rings. The van der Waals surface area contributed by atoms with Crippen molar-refractivity contribution in [2.24, 2.45) is 0 Å². The Kier molecular flexibility index (Phi) is 4.53. The maximum Gasteiger partial charge on any atom is 0.254 e. The summed E-state index contributed by atoms with van der Waals surface area (Å²) in [6.45, 7) is 2.69. The highest BCUT2D eigenvalue weighted by Crippen LogP contribution is 2.37. The largest absolute Gasteiger partial charge is 0.327 e. The van der Waals surface area contributed by atoms with Crippen LogP contribution in [0.4, 0.5) is 0 Å². The molecule has 3 aromatic rings. The van der Waals surface area contributed by atoms with Crippen molar-refractivity contribution in [3.63, 3.8) is 0 Å². The maximum absolute atomic E-state index is 13.3. The second-order valence-electron chi connectivity index (χ2n) is 6.91. The number of fused-ring (bicyclic) bond motifs is 1. The molecule has 0 radical (unpaired) electrons. The lowest BCUT2D eigenvalue weighted by atomic mass is 10.0. The Hall–Kier alpha value is -2.94. The molecule has 130 valence electrons. The van der Waals surface area contributed by atoms with Crippen LogP contribution in [0.3, 0.4) is 0 Å². The molecule has 1 atom stereocenters. The van der Waals surface area contributed by atoms with Gasteiger partial charge in [0.25, 0.3) is 5.91 Å². The summed E-state index contributed by atoms with van der Waals surface area (Å²) in [5, 5.41) is 0. The third kappa shape index (κ3) is 3.25. The van der Waals surface area contributed by atoms with Gasteiger partial charge < -0.3 is 4.90 Å². The van der Waals surface area contributed by atoms with Gasteiger partial charge in [0.15, 0.2) is 0 Å². The third-order valence-electron chi connectivity index (χ3n) is 5.14. The Labute approximate surface area is 154 Å². The number of amides is 1. The fourth-order valence-electron chi connectivity index (χ4n) is 3.73. The van der Waals surface area contributed by atoms with Crippen molar-refractivity contribution in [3.8, 4) is 0 Å². The topological polar surface area (TPSA) is 33.2 Å². The summed E-state index contributed by atoms with van der Waals surface area (Å²) >= 11 is 0. The van der Waals surface area contributed by atoms with Gasteiger partial charge in [0.05, 0.1) is 6.04 Å². The fourth-order valence-corrected chi connectivity index (χ4v) is 3.73. The molecule has 3 heteroatoms. The zero-order valence-electron chi connectivity index (χ0n) is 14.9. The van der Waals surface area contributed by atoms with E-state index in [-0.39, 0.29) is 11.9 Å². The summed E-state index contributed by atoms with van der Waals surface area (Å²) in [7, 11) is 0. The molecule has 26 heavy (non-hydrogen) atoms. The van der Waals surface area contributed by atoms with Crippen LogP contribution in [0.5, 0.6) is 0 Å². The lowest BCUT2D eigenvalue weighted by Gasteiger charge is -2.30. The molecule has 0 saturated carbocycles. The predicted octanol–water partition coefficient (Wildman–Crippen LogP) is 4.72. The van der Waals surface area contributed by atoms with E-state index in [1.165, 1.54) is 16.7 Å². The van der Waals surface area contributed by atoms with Crippen LogP contribution in [0.15, 0.2) is 73.1 Å². The Morgan fingerprint density at radius 2 is 1.77 bits per heavy atom. The van der Waals surface area contributed by atoms with E-state index in [4.69, 9.17) is 0 Å². The first-order chi connectivity index (χ1) is 12.7. The number of nitrogens with zero attached hydrogens (tertiary/aromatic N) is 2. The van der Waals surface area contributed by atoms with Gasteiger partial charge in [-0.25, -0.2) is 0 Å². The number of pyridine rings is 1. The Bertz CT molecular complexity index is 903. The van der Waals surface area contributed by atoms with Gasteiger partial charge in [-0.1, -0.05) is 54.1 Å². The smallest absolute Gasteiger partial charge is 0.254 e. The van der Waals surface area contributed by atoms with Gasteiger partial charge in [-0.15, -0.1) is 0 Å². The maximum atomic E-state index is 13.3. The molecule has 0 unspecified atom stereocenters. The van der Waals surface area contributed by atoms with E-state index in [2.05, 4.69) is 60.4 Å². The molecule has 0 saturated heterocycles. The van der Waals surface area contributed by atoms with E-state index >= 15 is 0 Å². The van der Waals surface area contributed by atoms with E-state index in [1.807, 2.05) is 4.90 Å². The minimum absolute atomic E-state index is 0.0645. The molecule has 0 spiro atoms. The number of hydrogen-bond donors (Lipinski definition) is 0. The molecule has 1 aliphatic carbocycles. The van der Waals surface area contributed by atoms with Crippen molar-refractivity contribution >= 4 is 5.91 Å². The average Bonchev–Trinajstić information content (AvgIpc) is 3.12. The third-order valence-corrected chi connectivity index (χ3v) is 5.14. The van der Waals surface area contributed by atoms with E-state index in [0.717, 1.165) is 18.4 Å². The van der Waals surface area contributed by atoms with E-state index < -0.39 is 0 Å². The molecule has 0 N–H and O–H groups in total. The van der Waals surface area contributed by atoms with Crippen LogP contribution in [-0.2, 0) is 13.0 Å². The van der Waals surface area contributed by atoms with Gasteiger partial charge in [-0.2, -0.15) is 0 Å².